The van der Waals surface area contributed by atoms with Gasteiger partial charge < -0.3 is 10.1 Å². The predicted molar refractivity (Wildman–Crippen MR) is 70.8 cm³/mol. The first-order valence-electron chi connectivity index (χ1n) is 6.19. The molecule has 1 unspecified atom stereocenters. The molecular formula is C13H17ClN2O2. The summed E-state index contributed by atoms with van der Waals surface area (Å²) in [5.74, 6) is -0.0695. The molecule has 1 fully saturated rings. The van der Waals surface area contributed by atoms with Gasteiger partial charge in [0.25, 0.3) is 0 Å². The topological polar surface area (TPSA) is 51.2 Å². The van der Waals surface area contributed by atoms with E-state index in [-0.39, 0.29) is 12.0 Å². The van der Waals surface area contributed by atoms with E-state index in [9.17, 15) is 4.79 Å². The summed E-state index contributed by atoms with van der Waals surface area (Å²) in [6.45, 7) is 2.64. The maximum Gasteiger partial charge on any atom is 0.227 e. The fraction of sp³-hybridized carbons (Fsp3) is 0.538. The monoisotopic (exact) mass is 268 g/mol. The highest BCUT2D eigenvalue weighted by Gasteiger charge is 2.18. The average molecular weight is 269 g/mol. The number of hydrogen-bond donors (Lipinski definition) is 1. The molecule has 1 amide bonds. The number of hydrogen-bond acceptors (Lipinski definition) is 3. The minimum atomic E-state index is -0.0695. The maximum absolute atomic E-state index is 11.9. The molecule has 1 saturated heterocycles. The third-order valence-corrected chi connectivity index (χ3v) is 3.35. The molecule has 0 spiro atoms. The molecule has 1 aromatic heterocycles. The Hall–Kier alpha value is -1.13. The first kappa shape index (κ1) is 13.3. The van der Waals surface area contributed by atoms with E-state index < -0.39 is 0 Å². The minimum absolute atomic E-state index is 0.0366. The van der Waals surface area contributed by atoms with Crippen LogP contribution in [-0.2, 0) is 9.53 Å². The second-order valence-corrected chi connectivity index (χ2v) is 4.89. The van der Waals surface area contributed by atoms with E-state index in [2.05, 4.69) is 10.3 Å². The van der Waals surface area contributed by atoms with Gasteiger partial charge in [-0.05, 0) is 37.8 Å². The Morgan fingerprint density at radius 1 is 1.61 bits per heavy atom. The number of pyridine rings is 1. The van der Waals surface area contributed by atoms with Crippen molar-refractivity contribution in [3.8, 4) is 0 Å². The molecule has 1 aromatic rings. The van der Waals surface area contributed by atoms with E-state index in [0.29, 0.717) is 17.3 Å². The molecule has 1 aliphatic heterocycles. The molecule has 5 heteroatoms. The molecule has 0 bridgehead atoms. The van der Waals surface area contributed by atoms with Gasteiger partial charge in [0.2, 0.25) is 5.91 Å². The normalized spacial score (nSPS) is 19.6. The minimum Gasteiger partial charge on any atom is -0.378 e. The van der Waals surface area contributed by atoms with Crippen LogP contribution in [0.1, 0.15) is 31.2 Å². The standard InChI is InChI=1S/C13H17ClN2O2/c1-9-5-6-15-13(14)12(9)16-11(17)8-10-4-2-3-7-18-10/h5-6,10H,2-4,7-8H2,1H3,(H,16,17). The first-order valence-corrected chi connectivity index (χ1v) is 6.57. The van der Waals surface area contributed by atoms with Gasteiger partial charge in [-0.2, -0.15) is 0 Å². The summed E-state index contributed by atoms with van der Waals surface area (Å²) in [4.78, 5) is 15.9. The van der Waals surface area contributed by atoms with Crippen LogP contribution in [-0.4, -0.2) is 23.6 Å². The van der Waals surface area contributed by atoms with Gasteiger partial charge >= 0.3 is 0 Å². The van der Waals surface area contributed by atoms with Crippen molar-refractivity contribution in [3.63, 3.8) is 0 Å². The number of anilines is 1. The molecule has 0 saturated carbocycles. The van der Waals surface area contributed by atoms with Gasteiger partial charge in [0.05, 0.1) is 18.2 Å². The van der Waals surface area contributed by atoms with Crippen LogP contribution in [0.25, 0.3) is 0 Å². The highest BCUT2D eigenvalue weighted by Crippen LogP contribution is 2.23. The molecule has 2 heterocycles. The Bertz CT molecular complexity index is 411. The summed E-state index contributed by atoms with van der Waals surface area (Å²) >= 11 is 5.96. The third kappa shape index (κ3) is 3.43. The molecular weight excluding hydrogens is 252 g/mol. The number of ether oxygens (including phenoxy) is 1. The van der Waals surface area contributed by atoms with Gasteiger partial charge in [0.1, 0.15) is 0 Å². The third-order valence-electron chi connectivity index (χ3n) is 3.06. The molecule has 1 aliphatic rings. The van der Waals surface area contributed by atoms with Crippen LogP contribution < -0.4 is 5.32 Å². The molecule has 0 radical (unpaired) electrons. The number of rotatable bonds is 3. The molecule has 0 aliphatic carbocycles. The zero-order valence-corrected chi connectivity index (χ0v) is 11.2. The SMILES string of the molecule is Cc1ccnc(Cl)c1NC(=O)CC1CCCCO1. The summed E-state index contributed by atoms with van der Waals surface area (Å²) < 4.78 is 5.54. The summed E-state index contributed by atoms with van der Waals surface area (Å²) in [6.07, 6.45) is 5.21. The highest BCUT2D eigenvalue weighted by atomic mass is 35.5. The zero-order chi connectivity index (χ0) is 13.0. The number of aromatic nitrogens is 1. The molecule has 1 atom stereocenters. The number of carbonyl (C=O) groups excluding carboxylic acids is 1. The first-order chi connectivity index (χ1) is 8.66. The van der Waals surface area contributed by atoms with Gasteiger partial charge in [-0.25, -0.2) is 4.98 Å². The smallest absolute Gasteiger partial charge is 0.227 e. The number of halogens is 1. The van der Waals surface area contributed by atoms with Gasteiger partial charge in [-0.3, -0.25) is 4.79 Å². The Kier molecular flexibility index (Phi) is 4.55. The molecule has 18 heavy (non-hydrogen) atoms. The number of aryl methyl sites for hydroxylation is 1. The van der Waals surface area contributed by atoms with E-state index in [1.54, 1.807) is 6.20 Å². The van der Waals surface area contributed by atoms with Crippen LogP contribution in [0.2, 0.25) is 5.15 Å². The molecule has 2 rings (SSSR count). The van der Waals surface area contributed by atoms with E-state index in [0.717, 1.165) is 31.4 Å². The molecule has 0 aromatic carbocycles. The lowest BCUT2D eigenvalue weighted by molar-refractivity contribution is -0.119. The summed E-state index contributed by atoms with van der Waals surface area (Å²) in [5.41, 5.74) is 1.51. The van der Waals surface area contributed by atoms with Crippen molar-refractivity contribution in [2.24, 2.45) is 0 Å². The predicted octanol–water partition coefficient (Wildman–Crippen LogP) is 2.94. The van der Waals surface area contributed by atoms with Crippen molar-refractivity contribution >= 4 is 23.2 Å². The maximum atomic E-state index is 11.9. The van der Waals surface area contributed by atoms with Crippen molar-refractivity contribution in [3.05, 3.63) is 23.0 Å². The van der Waals surface area contributed by atoms with E-state index in [4.69, 9.17) is 16.3 Å². The van der Waals surface area contributed by atoms with Gasteiger partial charge in [0.15, 0.2) is 5.15 Å². The van der Waals surface area contributed by atoms with Gasteiger partial charge in [-0.15, -0.1) is 0 Å². The van der Waals surface area contributed by atoms with Crippen LogP contribution in [0, 0.1) is 6.92 Å². The largest absolute Gasteiger partial charge is 0.378 e. The lowest BCUT2D eigenvalue weighted by Crippen LogP contribution is -2.25. The van der Waals surface area contributed by atoms with Crippen molar-refractivity contribution in [2.75, 3.05) is 11.9 Å². The van der Waals surface area contributed by atoms with Crippen molar-refractivity contribution in [2.45, 2.75) is 38.7 Å². The quantitative estimate of drug-likeness (QED) is 0.858. The van der Waals surface area contributed by atoms with Crippen LogP contribution in [0.3, 0.4) is 0 Å². The number of carbonyl (C=O) groups is 1. The van der Waals surface area contributed by atoms with Crippen molar-refractivity contribution in [1.82, 2.24) is 4.98 Å². The van der Waals surface area contributed by atoms with Crippen LogP contribution in [0.5, 0.6) is 0 Å². The molecule has 4 nitrogen and oxygen atoms in total. The fourth-order valence-corrected chi connectivity index (χ4v) is 2.29. The summed E-state index contributed by atoms with van der Waals surface area (Å²) in [6, 6.07) is 1.82. The zero-order valence-electron chi connectivity index (χ0n) is 10.4. The number of nitrogens with one attached hydrogen (secondary N) is 1. The van der Waals surface area contributed by atoms with E-state index in [1.165, 1.54) is 0 Å². The number of nitrogens with zero attached hydrogens (tertiary/aromatic N) is 1. The van der Waals surface area contributed by atoms with Crippen LogP contribution >= 0.6 is 11.6 Å². The Morgan fingerprint density at radius 2 is 2.44 bits per heavy atom. The second-order valence-electron chi connectivity index (χ2n) is 4.53. The van der Waals surface area contributed by atoms with E-state index >= 15 is 0 Å². The highest BCUT2D eigenvalue weighted by molar-refractivity contribution is 6.32. The van der Waals surface area contributed by atoms with E-state index in [1.807, 2.05) is 13.0 Å². The van der Waals surface area contributed by atoms with Gasteiger partial charge in [0, 0.05) is 12.8 Å². The average Bonchev–Trinajstić information content (AvgIpc) is 2.35. The summed E-state index contributed by atoms with van der Waals surface area (Å²) in [5, 5.41) is 3.14. The van der Waals surface area contributed by atoms with Crippen molar-refractivity contribution in [1.29, 1.82) is 0 Å². The number of amides is 1. The Balaban J connectivity index is 1.94. The van der Waals surface area contributed by atoms with Crippen LogP contribution in [0.4, 0.5) is 5.69 Å². The fourth-order valence-electron chi connectivity index (χ4n) is 2.04. The summed E-state index contributed by atoms with van der Waals surface area (Å²) in [7, 11) is 0. The lowest BCUT2D eigenvalue weighted by Gasteiger charge is -2.22. The Labute approximate surface area is 112 Å². The van der Waals surface area contributed by atoms with Gasteiger partial charge in [-0.1, -0.05) is 11.6 Å². The van der Waals surface area contributed by atoms with Crippen molar-refractivity contribution < 1.29 is 9.53 Å². The molecule has 1 N–H and O–H groups in total. The molecule has 98 valence electrons. The second kappa shape index (κ2) is 6.16. The lowest BCUT2D eigenvalue weighted by atomic mass is 10.1. The Morgan fingerprint density at radius 3 is 3.11 bits per heavy atom. The van der Waals surface area contributed by atoms with Crippen LogP contribution in [0.15, 0.2) is 12.3 Å².